The average molecular weight is 500 g/mol. The van der Waals surface area contributed by atoms with Crippen molar-refractivity contribution in [3.05, 3.63) is 83.2 Å². The molecule has 5 rings (SSSR count). The van der Waals surface area contributed by atoms with Crippen LogP contribution >= 0.6 is 0 Å². The minimum atomic E-state index is -4.94. The number of hydrogen-bond acceptors (Lipinski definition) is 2. The quantitative estimate of drug-likeness (QED) is 0.208. The molecule has 1 aliphatic heterocycles. The van der Waals surface area contributed by atoms with Crippen molar-refractivity contribution >= 4 is 21.5 Å². The normalized spacial score (nSPS) is 18.3. The molecular weight excluding hydrogens is 482 g/mol. The van der Waals surface area contributed by atoms with Crippen LogP contribution < -0.4 is 0 Å². The molecule has 0 aliphatic carbocycles. The molecule has 0 N–H and O–H groups in total. The van der Waals surface area contributed by atoms with E-state index in [0.717, 1.165) is 34.4 Å². The Labute approximate surface area is 202 Å². The number of alkyl halides is 3. The van der Waals surface area contributed by atoms with Gasteiger partial charge in [-0.05, 0) is 57.6 Å². The molecule has 0 radical (unpaired) electrons. The molecule has 0 amide bonds. The van der Waals surface area contributed by atoms with Gasteiger partial charge in [-0.3, -0.25) is 0 Å². The van der Waals surface area contributed by atoms with Gasteiger partial charge in [-0.2, -0.15) is 13.2 Å². The largest absolute Gasteiger partial charge is 0.458 e. The van der Waals surface area contributed by atoms with Gasteiger partial charge in [0.25, 0.3) is 0 Å². The summed E-state index contributed by atoms with van der Waals surface area (Å²) in [7, 11) is 0. The Balaban J connectivity index is 1.52. The maximum Gasteiger partial charge on any atom is 0.458 e. The van der Waals surface area contributed by atoms with Gasteiger partial charge in [0.2, 0.25) is 0 Å². The lowest BCUT2D eigenvalue weighted by Gasteiger charge is -2.27. The monoisotopic (exact) mass is 500 g/mol. The second-order valence-electron chi connectivity index (χ2n) is 8.78. The van der Waals surface area contributed by atoms with E-state index in [1.54, 1.807) is 12.1 Å². The van der Waals surface area contributed by atoms with Crippen molar-refractivity contribution in [3.8, 4) is 23.0 Å². The lowest BCUT2D eigenvalue weighted by atomic mass is 9.96. The summed E-state index contributed by atoms with van der Waals surface area (Å²) >= 11 is 0. The van der Waals surface area contributed by atoms with Gasteiger partial charge >= 0.3 is 6.18 Å². The Morgan fingerprint density at radius 3 is 2.17 bits per heavy atom. The van der Waals surface area contributed by atoms with Gasteiger partial charge in [-0.25, -0.2) is 13.2 Å². The van der Waals surface area contributed by atoms with Crippen molar-refractivity contribution < 1.29 is 35.8 Å². The van der Waals surface area contributed by atoms with E-state index in [1.807, 2.05) is 31.2 Å². The third kappa shape index (κ3) is 4.77. The number of fused-ring (bicyclic) bond motifs is 2. The molecule has 0 aromatic heterocycles. The lowest BCUT2D eigenvalue weighted by Crippen LogP contribution is -2.24. The van der Waals surface area contributed by atoms with Gasteiger partial charge in [0.15, 0.2) is 12.1 Å². The van der Waals surface area contributed by atoms with Crippen molar-refractivity contribution in [2.45, 2.75) is 19.4 Å². The molecule has 1 aliphatic rings. The summed E-state index contributed by atoms with van der Waals surface area (Å²) in [6, 6.07) is 14.3. The SMILES string of the molecule is CC1COC(c2ccc3cc(-c4cc(F)c5c(F)c(C#CC(F)(F)F)c(F)cc5c4)ccc3c2)OC1. The number of benzene rings is 4. The highest BCUT2D eigenvalue weighted by Gasteiger charge is 2.25. The highest BCUT2D eigenvalue weighted by molar-refractivity contribution is 5.92. The van der Waals surface area contributed by atoms with Gasteiger partial charge in [0.1, 0.15) is 11.6 Å². The highest BCUT2D eigenvalue weighted by atomic mass is 19.4. The van der Waals surface area contributed by atoms with Crippen molar-refractivity contribution in [1.29, 1.82) is 0 Å². The zero-order valence-corrected chi connectivity index (χ0v) is 18.8. The topological polar surface area (TPSA) is 18.5 Å². The van der Waals surface area contributed by atoms with Crippen LogP contribution in [0.4, 0.5) is 26.3 Å². The first-order valence-corrected chi connectivity index (χ1v) is 11.1. The molecular formula is C28H18F6O2. The molecule has 4 aromatic carbocycles. The van der Waals surface area contributed by atoms with E-state index in [4.69, 9.17) is 9.47 Å². The Hall–Kier alpha value is -3.54. The second-order valence-corrected chi connectivity index (χ2v) is 8.78. The fourth-order valence-electron chi connectivity index (χ4n) is 4.21. The molecule has 2 nitrogen and oxygen atoms in total. The summed E-state index contributed by atoms with van der Waals surface area (Å²) in [6.07, 6.45) is -5.39. The van der Waals surface area contributed by atoms with Crippen molar-refractivity contribution in [2.24, 2.45) is 5.92 Å². The van der Waals surface area contributed by atoms with E-state index in [2.05, 4.69) is 0 Å². The van der Waals surface area contributed by atoms with Gasteiger partial charge in [-0.15, -0.1) is 0 Å². The Kier molecular flexibility index (Phi) is 6.15. The summed E-state index contributed by atoms with van der Waals surface area (Å²) < 4.78 is 92.7. The molecule has 0 atom stereocenters. The van der Waals surface area contributed by atoms with Crippen molar-refractivity contribution in [3.63, 3.8) is 0 Å². The van der Waals surface area contributed by atoms with Crippen LogP contribution in [0, 0.1) is 35.2 Å². The van der Waals surface area contributed by atoms with Crippen LogP contribution in [-0.2, 0) is 9.47 Å². The molecule has 1 fully saturated rings. The fraction of sp³-hybridized carbons (Fsp3) is 0.214. The minimum absolute atomic E-state index is 0.131. The zero-order chi connectivity index (χ0) is 25.6. The smallest absolute Gasteiger partial charge is 0.348 e. The highest BCUT2D eigenvalue weighted by Crippen LogP contribution is 2.34. The van der Waals surface area contributed by atoms with Crippen LogP contribution in [0.2, 0.25) is 0 Å². The fourth-order valence-corrected chi connectivity index (χ4v) is 4.21. The first-order valence-electron chi connectivity index (χ1n) is 11.1. The third-order valence-corrected chi connectivity index (χ3v) is 5.94. The van der Waals surface area contributed by atoms with Crippen LogP contribution in [-0.4, -0.2) is 19.4 Å². The molecule has 1 saturated heterocycles. The van der Waals surface area contributed by atoms with Crippen LogP contribution in [0.3, 0.4) is 0 Å². The Morgan fingerprint density at radius 1 is 0.778 bits per heavy atom. The van der Waals surface area contributed by atoms with Crippen LogP contribution in [0.1, 0.15) is 24.3 Å². The summed E-state index contributed by atoms with van der Waals surface area (Å²) in [5.74, 6) is -1.24. The molecule has 184 valence electrons. The molecule has 0 bridgehead atoms. The van der Waals surface area contributed by atoms with Crippen LogP contribution in [0.25, 0.3) is 32.7 Å². The van der Waals surface area contributed by atoms with Gasteiger partial charge in [-0.1, -0.05) is 37.1 Å². The number of halogens is 6. The van der Waals surface area contributed by atoms with Crippen LogP contribution in [0.15, 0.2) is 54.6 Å². The molecule has 0 saturated carbocycles. The van der Waals surface area contributed by atoms with Gasteiger partial charge < -0.3 is 9.47 Å². The molecule has 0 spiro atoms. The number of hydrogen-bond donors (Lipinski definition) is 0. The summed E-state index contributed by atoms with van der Waals surface area (Å²) in [5, 5.41) is 0.983. The van der Waals surface area contributed by atoms with E-state index in [0.29, 0.717) is 30.3 Å². The van der Waals surface area contributed by atoms with E-state index in [1.165, 1.54) is 12.0 Å². The molecule has 0 unspecified atom stereocenters. The molecule has 4 aromatic rings. The Morgan fingerprint density at radius 2 is 1.44 bits per heavy atom. The number of ether oxygens (including phenoxy) is 2. The standard InChI is InChI=1S/C28H18F6O2/c1-15-13-35-27(36-14-15)19-5-4-16-8-18(3-2-17(16)9-19)20-10-21-12-23(29)22(6-7-28(32,33)34)26(31)25(21)24(30)11-20/h2-5,8-12,15,27H,13-14H2,1H3. The summed E-state index contributed by atoms with van der Waals surface area (Å²) in [4.78, 5) is 0. The summed E-state index contributed by atoms with van der Waals surface area (Å²) in [6.45, 7) is 3.25. The van der Waals surface area contributed by atoms with Crippen molar-refractivity contribution in [1.82, 2.24) is 0 Å². The van der Waals surface area contributed by atoms with E-state index < -0.39 is 40.9 Å². The summed E-state index contributed by atoms with van der Waals surface area (Å²) in [5.41, 5.74) is 0.686. The molecule has 36 heavy (non-hydrogen) atoms. The maximum absolute atomic E-state index is 14.9. The van der Waals surface area contributed by atoms with E-state index in [9.17, 15) is 26.3 Å². The van der Waals surface area contributed by atoms with E-state index >= 15 is 0 Å². The average Bonchev–Trinajstić information content (AvgIpc) is 2.82. The zero-order valence-electron chi connectivity index (χ0n) is 18.8. The van der Waals surface area contributed by atoms with E-state index in [-0.39, 0.29) is 5.39 Å². The third-order valence-electron chi connectivity index (χ3n) is 5.94. The predicted octanol–water partition coefficient (Wildman–Crippen LogP) is 7.67. The molecule has 8 heteroatoms. The first-order chi connectivity index (χ1) is 17.1. The maximum atomic E-state index is 14.9. The van der Waals surface area contributed by atoms with Crippen molar-refractivity contribution in [2.75, 3.05) is 13.2 Å². The Bertz CT molecular complexity index is 1540. The van der Waals surface area contributed by atoms with Gasteiger partial charge in [0, 0.05) is 17.4 Å². The second kappa shape index (κ2) is 9.16. The lowest BCUT2D eigenvalue weighted by molar-refractivity contribution is -0.202. The molecule has 1 heterocycles. The first kappa shape index (κ1) is 24.2. The van der Waals surface area contributed by atoms with Gasteiger partial charge in [0.05, 0.1) is 24.2 Å². The van der Waals surface area contributed by atoms with Crippen LogP contribution in [0.5, 0.6) is 0 Å². The predicted molar refractivity (Wildman–Crippen MR) is 124 cm³/mol. The number of rotatable bonds is 2. The minimum Gasteiger partial charge on any atom is -0.348 e.